The number of aromatic nitrogens is 3. The number of carbonyl (C=O) groups is 2. The first kappa shape index (κ1) is 16.0. The van der Waals surface area contributed by atoms with Gasteiger partial charge in [-0.1, -0.05) is 11.6 Å². The third-order valence-corrected chi connectivity index (χ3v) is 4.27. The average molecular weight is 386 g/mol. The fourth-order valence-electron chi connectivity index (χ4n) is 2.93. The minimum atomic E-state index is -0.929. The number of halogens is 1. The second-order valence-corrected chi connectivity index (χ2v) is 5.89. The van der Waals surface area contributed by atoms with Crippen molar-refractivity contribution < 1.29 is 31.3 Å². The van der Waals surface area contributed by atoms with E-state index in [2.05, 4.69) is 9.97 Å². The number of hydrogen-bond acceptors (Lipinski definition) is 8. The van der Waals surface area contributed by atoms with Gasteiger partial charge in [0.1, 0.15) is 35.9 Å². The molecular formula is C16H18ClN3O6. The van der Waals surface area contributed by atoms with Crippen LogP contribution in [0.3, 0.4) is 0 Å². The molecule has 1 aliphatic heterocycles. The highest BCUT2D eigenvalue weighted by molar-refractivity contribution is 6.33. The molecule has 0 amide bonds. The number of ether oxygens (including phenoxy) is 4. The number of rotatable bonds is 5. The Labute approximate surface area is 157 Å². The molecule has 0 spiro atoms. The highest BCUT2D eigenvalue weighted by Crippen LogP contribution is 2.36. The summed E-state index contributed by atoms with van der Waals surface area (Å²) in [6, 6.07) is 1.71. The van der Waals surface area contributed by atoms with E-state index >= 15 is 0 Å². The van der Waals surface area contributed by atoms with Crippen LogP contribution in [0.15, 0.2) is 18.6 Å². The van der Waals surface area contributed by atoms with Gasteiger partial charge in [0, 0.05) is 29.8 Å². The molecule has 1 fully saturated rings. The number of esters is 2. The molecule has 0 aromatic carbocycles. The maximum Gasteiger partial charge on any atom is 0.303 e. The molecule has 4 atom stereocenters. The minimum absolute atomic E-state index is 0.237. The molecular weight excluding hydrogens is 366 g/mol. The lowest BCUT2D eigenvalue weighted by Crippen LogP contribution is -2.39. The molecule has 0 bridgehead atoms. The number of methoxy groups -OCH3 is 1. The molecule has 0 radical (unpaired) electrons. The van der Waals surface area contributed by atoms with Crippen LogP contribution in [0, 0.1) is 0 Å². The topological polar surface area (TPSA) is 102 Å². The normalized spacial score (nSPS) is 26.4. The van der Waals surface area contributed by atoms with Gasteiger partial charge in [0.05, 0.1) is 5.39 Å². The molecule has 1 unspecified atom stereocenters. The van der Waals surface area contributed by atoms with Gasteiger partial charge in [-0.25, -0.2) is 9.97 Å². The number of fused-ring (bicyclic) bond motifs is 1. The fourth-order valence-corrected chi connectivity index (χ4v) is 3.12. The highest BCUT2D eigenvalue weighted by atomic mass is 35.5. The van der Waals surface area contributed by atoms with Crippen molar-refractivity contribution in [3.8, 4) is 0 Å². The van der Waals surface area contributed by atoms with Crippen molar-refractivity contribution in [2.45, 2.75) is 38.3 Å². The zero-order valence-corrected chi connectivity index (χ0v) is 14.6. The minimum Gasteiger partial charge on any atom is -0.463 e. The zero-order valence-electron chi connectivity index (χ0n) is 15.8. The van der Waals surface area contributed by atoms with Gasteiger partial charge >= 0.3 is 11.9 Å². The summed E-state index contributed by atoms with van der Waals surface area (Å²) >= 11 is 6.09. The Morgan fingerprint density at radius 3 is 2.88 bits per heavy atom. The third kappa shape index (κ3) is 3.50. The molecule has 1 saturated heterocycles. The van der Waals surface area contributed by atoms with Crippen LogP contribution in [0.1, 0.15) is 22.8 Å². The quantitative estimate of drug-likeness (QED) is 0.563. The van der Waals surface area contributed by atoms with E-state index in [-0.39, 0.29) is 11.8 Å². The van der Waals surface area contributed by atoms with Crippen LogP contribution in [0.25, 0.3) is 11.0 Å². The van der Waals surface area contributed by atoms with E-state index < -0.39 is 50.3 Å². The van der Waals surface area contributed by atoms with Crippen LogP contribution >= 0.6 is 11.6 Å². The molecule has 1 aliphatic rings. The Bertz CT molecular complexity index is 866. The van der Waals surface area contributed by atoms with Crippen molar-refractivity contribution in [1.29, 1.82) is 0 Å². The van der Waals surface area contributed by atoms with E-state index in [1.54, 1.807) is 16.8 Å². The summed E-state index contributed by atoms with van der Waals surface area (Å²) in [5, 5.41) is 0.875. The van der Waals surface area contributed by atoms with E-state index in [4.69, 9.17) is 33.3 Å². The van der Waals surface area contributed by atoms with E-state index in [1.165, 1.54) is 13.4 Å². The van der Waals surface area contributed by atoms with Gasteiger partial charge in [0.2, 0.25) is 0 Å². The number of hydrogen-bond donors (Lipinski definition) is 0. The van der Waals surface area contributed by atoms with E-state index in [0.29, 0.717) is 11.0 Å². The first-order valence-corrected chi connectivity index (χ1v) is 7.96. The van der Waals surface area contributed by atoms with E-state index in [1.807, 2.05) is 0 Å². The van der Waals surface area contributed by atoms with Crippen molar-refractivity contribution in [2.24, 2.45) is 0 Å². The second kappa shape index (κ2) is 7.56. The van der Waals surface area contributed by atoms with Crippen LogP contribution in [0.4, 0.5) is 0 Å². The number of carbonyl (C=O) groups excluding carboxylic acids is 2. The predicted molar refractivity (Wildman–Crippen MR) is 89.4 cm³/mol. The maximum atomic E-state index is 11.7. The van der Waals surface area contributed by atoms with Crippen molar-refractivity contribution in [1.82, 2.24) is 14.5 Å². The SMILES string of the molecule is [2H]CC(=O)OC[C@H]1OC(n2ccc3c(Cl)ncnc32)[C@H](OC)[C@@H]1OC(=O)C[2H]. The first-order chi connectivity index (χ1) is 13.5. The van der Waals surface area contributed by atoms with Crippen molar-refractivity contribution in [2.75, 3.05) is 13.7 Å². The maximum absolute atomic E-state index is 11.7. The van der Waals surface area contributed by atoms with Gasteiger partial charge < -0.3 is 23.5 Å². The van der Waals surface area contributed by atoms with Crippen LogP contribution in [-0.4, -0.2) is 58.5 Å². The molecule has 3 heterocycles. The molecule has 0 aliphatic carbocycles. The lowest BCUT2D eigenvalue weighted by atomic mass is 10.1. The molecule has 2 aromatic heterocycles. The molecule has 140 valence electrons. The predicted octanol–water partition coefficient (Wildman–Crippen LogP) is 1.49. The largest absolute Gasteiger partial charge is 0.463 e. The summed E-state index contributed by atoms with van der Waals surface area (Å²) in [6.07, 6.45) is -0.319. The molecule has 9 nitrogen and oxygen atoms in total. The van der Waals surface area contributed by atoms with Crippen LogP contribution in [-0.2, 0) is 28.5 Å². The van der Waals surface area contributed by atoms with Gasteiger partial charge in [0.25, 0.3) is 0 Å². The van der Waals surface area contributed by atoms with Crippen LogP contribution in [0.2, 0.25) is 5.15 Å². The smallest absolute Gasteiger partial charge is 0.303 e. The zero-order chi connectivity index (χ0) is 20.3. The lowest BCUT2D eigenvalue weighted by molar-refractivity contribution is -0.157. The van der Waals surface area contributed by atoms with Crippen molar-refractivity contribution >= 4 is 34.6 Å². The highest BCUT2D eigenvalue weighted by Gasteiger charge is 2.49. The Balaban J connectivity index is 1.92. The summed E-state index contributed by atoms with van der Waals surface area (Å²) in [5.74, 6) is -1.51. The summed E-state index contributed by atoms with van der Waals surface area (Å²) in [7, 11) is 1.43. The molecule has 0 saturated carbocycles. The van der Waals surface area contributed by atoms with E-state index in [0.717, 1.165) is 0 Å². The van der Waals surface area contributed by atoms with Crippen molar-refractivity contribution in [3.63, 3.8) is 0 Å². The molecule has 0 N–H and O–H groups in total. The Kier molecular flexibility index (Phi) is 4.65. The summed E-state index contributed by atoms with van der Waals surface area (Å²) < 4.78 is 37.7. The summed E-state index contributed by atoms with van der Waals surface area (Å²) in [4.78, 5) is 31.2. The molecule has 26 heavy (non-hydrogen) atoms. The summed E-state index contributed by atoms with van der Waals surface area (Å²) in [5.41, 5.74) is 0.487. The van der Waals surface area contributed by atoms with Crippen LogP contribution in [0.5, 0.6) is 0 Å². The number of nitrogens with zero attached hydrogens (tertiary/aromatic N) is 3. The van der Waals surface area contributed by atoms with E-state index in [9.17, 15) is 9.59 Å². The monoisotopic (exact) mass is 385 g/mol. The van der Waals surface area contributed by atoms with Gasteiger partial charge in [-0.3, -0.25) is 9.59 Å². The van der Waals surface area contributed by atoms with Gasteiger partial charge in [-0.15, -0.1) is 0 Å². The molecule has 3 rings (SSSR count). The van der Waals surface area contributed by atoms with Crippen molar-refractivity contribution in [3.05, 3.63) is 23.7 Å². The fraction of sp³-hybridized carbons (Fsp3) is 0.500. The Morgan fingerprint density at radius 2 is 2.15 bits per heavy atom. The van der Waals surface area contributed by atoms with Gasteiger partial charge in [-0.2, -0.15) is 0 Å². The Hall–Kier alpha value is -2.23. The van der Waals surface area contributed by atoms with Crippen LogP contribution < -0.4 is 0 Å². The average Bonchev–Trinajstić information content (AvgIpc) is 3.27. The summed E-state index contributed by atoms with van der Waals surface area (Å²) in [6.45, 7) is -1.36. The van der Waals surface area contributed by atoms with Gasteiger partial charge in [-0.05, 0) is 6.07 Å². The van der Waals surface area contributed by atoms with Gasteiger partial charge in [0.15, 0.2) is 12.3 Å². The molecule has 2 aromatic rings. The first-order valence-electron chi connectivity index (χ1n) is 9.00. The third-order valence-electron chi connectivity index (χ3n) is 3.97. The molecule has 10 heteroatoms. The standard InChI is InChI=1S/C16H18ClN3O6/c1-8(21)24-6-11-12(25-9(2)22)13(23-3)16(26-11)20-5-4-10-14(17)18-7-19-15(10)20/h4-5,7,11-13,16H,6H2,1-3H3/t11-,12-,13-,16?/m1/s1/i1D,2D. The lowest BCUT2D eigenvalue weighted by Gasteiger charge is -2.23. The second-order valence-electron chi connectivity index (χ2n) is 5.53. The Morgan fingerprint density at radius 1 is 1.35 bits per heavy atom.